The highest BCUT2D eigenvalue weighted by Gasteiger charge is 2.24. The van der Waals surface area contributed by atoms with Crippen molar-refractivity contribution in [2.24, 2.45) is 0 Å². The molecule has 2 aromatic carbocycles. The predicted octanol–water partition coefficient (Wildman–Crippen LogP) is 3.94. The number of hydrogen-bond acceptors (Lipinski definition) is 2. The van der Waals surface area contributed by atoms with Gasteiger partial charge in [0.15, 0.2) is 0 Å². The first-order valence-electron chi connectivity index (χ1n) is 6.23. The summed E-state index contributed by atoms with van der Waals surface area (Å²) >= 11 is 5.97. The van der Waals surface area contributed by atoms with Crippen molar-refractivity contribution < 1.29 is 14.2 Å². The molecule has 2 rings (SSSR count). The highest BCUT2D eigenvalue weighted by Crippen LogP contribution is 2.32. The Balaban J connectivity index is 2.30. The lowest BCUT2D eigenvalue weighted by Crippen LogP contribution is -2.24. The fourth-order valence-corrected chi connectivity index (χ4v) is 2.34. The zero-order valence-corrected chi connectivity index (χ0v) is 12.1. The Labute approximate surface area is 122 Å². The number of aliphatic hydroxyl groups is 1. The highest BCUT2D eigenvalue weighted by atomic mass is 35.5. The zero-order chi connectivity index (χ0) is 14.8. The first-order valence-corrected chi connectivity index (χ1v) is 6.61. The molecule has 0 heterocycles. The molecule has 0 bridgehead atoms. The van der Waals surface area contributed by atoms with Gasteiger partial charge in [-0.05, 0) is 42.3 Å². The van der Waals surface area contributed by atoms with E-state index in [1.807, 2.05) is 0 Å². The highest BCUT2D eigenvalue weighted by molar-refractivity contribution is 6.32. The summed E-state index contributed by atoms with van der Waals surface area (Å²) < 4.78 is 18.3. The smallest absolute Gasteiger partial charge is 0.137 e. The van der Waals surface area contributed by atoms with Gasteiger partial charge in [0, 0.05) is 6.42 Å². The molecule has 0 radical (unpaired) electrons. The van der Waals surface area contributed by atoms with Crippen molar-refractivity contribution in [2.75, 3.05) is 7.11 Å². The molecule has 1 atom stereocenters. The lowest BCUT2D eigenvalue weighted by atomic mass is 9.89. The van der Waals surface area contributed by atoms with Crippen LogP contribution in [0.1, 0.15) is 18.1 Å². The van der Waals surface area contributed by atoms with E-state index in [9.17, 15) is 9.50 Å². The van der Waals surface area contributed by atoms with E-state index in [1.165, 1.54) is 19.2 Å². The van der Waals surface area contributed by atoms with Crippen LogP contribution < -0.4 is 4.74 Å². The maximum atomic E-state index is 13.2. The molecule has 2 aromatic rings. The summed E-state index contributed by atoms with van der Waals surface area (Å²) in [5.41, 5.74) is 0.262. The molecule has 0 aromatic heterocycles. The summed E-state index contributed by atoms with van der Waals surface area (Å²) in [6.45, 7) is 1.68. The van der Waals surface area contributed by atoms with Crippen molar-refractivity contribution in [3.8, 4) is 5.75 Å². The van der Waals surface area contributed by atoms with Crippen LogP contribution in [0.15, 0.2) is 42.5 Å². The average molecular weight is 295 g/mol. The van der Waals surface area contributed by atoms with E-state index in [-0.39, 0.29) is 5.82 Å². The summed E-state index contributed by atoms with van der Waals surface area (Å²) in [6.07, 6.45) is 0.301. The molecule has 0 spiro atoms. The van der Waals surface area contributed by atoms with Gasteiger partial charge < -0.3 is 9.84 Å². The molecule has 20 heavy (non-hydrogen) atoms. The third-order valence-corrected chi connectivity index (χ3v) is 3.52. The van der Waals surface area contributed by atoms with Crippen LogP contribution in [0.5, 0.6) is 5.75 Å². The second-order valence-electron chi connectivity index (χ2n) is 4.93. The Morgan fingerprint density at radius 1 is 1.25 bits per heavy atom. The van der Waals surface area contributed by atoms with E-state index < -0.39 is 5.60 Å². The minimum atomic E-state index is -1.13. The van der Waals surface area contributed by atoms with Crippen LogP contribution in [-0.2, 0) is 12.0 Å². The van der Waals surface area contributed by atoms with E-state index in [1.54, 1.807) is 37.3 Å². The largest absolute Gasteiger partial charge is 0.495 e. The monoisotopic (exact) mass is 294 g/mol. The molecule has 4 heteroatoms. The quantitative estimate of drug-likeness (QED) is 0.925. The Kier molecular flexibility index (Phi) is 4.31. The molecular weight excluding hydrogens is 279 g/mol. The standard InChI is InChI=1S/C16H16ClFO2/c1-16(19,10-11-4-3-5-13(18)8-11)12-6-7-14(17)15(9-12)20-2/h3-9,19H,10H2,1-2H3. The summed E-state index contributed by atoms with van der Waals surface area (Å²) in [5, 5.41) is 11.1. The van der Waals surface area contributed by atoms with Crippen LogP contribution in [0, 0.1) is 5.82 Å². The van der Waals surface area contributed by atoms with E-state index >= 15 is 0 Å². The first-order chi connectivity index (χ1) is 9.42. The molecular formula is C16H16ClFO2. The molecule has 1 N–H and O–H groups in total. The van der Waals surface area contributed by atoms with Gasteiger partial charge in [0.2, 0.25) is 0 Å². The Hall–Kier alpha value is -1.58. The van der Waals surface area contributed by atoms with Gasteiger partial charge in [0.05, 0.1) is 17.7 Å². The van der Waals surface area contributed by atoms with Gasteiger partial charge in [0.25, 0.3) is 0 Å². The third-order valence-electron chi connectivity index (χ3n) is 3.21. The topological polar surface area (TPSA) is 29.5 Å². The van der Waals surface area contributed by atoms with Gasteiger partial charge in [0.1, 0.15) is 11.6 Å². The average Bonchev–Trinajstić information content (AvgIpc) is 2.38. The second-order valence-corrected chi connectivity index (χ2v) is 5.34. The normalized spacial score (nSPS) is 13.8. The van der Waals surface area contributed by atoms with Crippen molar-refractivity contribution in [1.29, 1.82) is 0 Å². The summed E-state index contributed by atoms with van der Waals surface area (Å²) in [5.74, 6) is 0.190. The van der Waals surface area contributed by atoms with Gasteiger partial charge in [-0.15, -0.1) is 0 Å². The zero-order valence-electron chi connectivity index (χ0n) is 11.4. The van der Waals surface area contributed by atoms with Crippen LogP contribution in [-0.4, -0.2) is 12.2 Å². The number of ether oxygens (including phenoxy) is 1. The second kappa shape index (κ2) is 5.81. The molecule has 0 saturated carbocycles. The van der Waals surface area contributed by atoms with Crippen molar-refractivity contribution in [2.45, 2.75) is 18.9 Å². The molecule has 0 amide bonds. The summed E-state index contributed by atoms with van der Waals surface area (Å²) in [4.78, 5) is 0. The fourth-order valence-electron chi connectivity index (χ4n) is 2.14. The minimum Gasteiger partial charge on any atom is -0.495 e. The van der Waals surface area contributed by atoms with Gasteiger partial charge >= 0.3 is 0 Å². The molecule has 0 aliphatic heterocycles. The summed E-state index contributed by atoms with van der Waals surface area (Å²) in [6, 6.07) is 11.3. The van der Waals surface area contributed by atoms with E-state index in [0.29, 0.717) is 22.8 Å². The van der Waals surface area contributed by atoms with Crippen molar-refractivity contribution in [3.63, 3.8) is 0 Å². The number of rotatable bonds is 4. The predicted molar refractivity (Wildman–Crippen MR) is 77.7 cm³/mol. The van der Waals surface area contributed by atoms with Crippen LogP contribution in [0.4, 0.5) is 4.39 Å². The Bertz CT molecular complexity index is 611. The maximum absolute atomic E-state index is 13.2. The van der Waals surface area contributed by atoms with Crippen LogP contribution in [0.3, 0.4) is 0 Å². The van der Waals surface area contributed by atoms with Crippen molar-refractivity contribution in [3.05, 3.63) is 64.4 Å². The van der Waals surface area contributed by atoms with Gasteiger partial charge in [-0.25, -0.2) is 4.39 Å². The number of hydrogen-bond donors (Lipinski definition) is 1. The summed E-state index contributed by atoms with van der Waals surface area (Å²) in [7, 11) is 1.52. The van der Waals surface area contributed by atoms with Gasteiger partial charge in [-0.2, -0.15) is 0 Å². The fraction of sp³-hybridized carbons (Fsp3) is 0.250. The van der Waals surface area contributed by atoms with Gasteiger partial charge in [-0.3, -0.25) is 0 Å². The Morgan fingerprint density at radius 2 is 2.00 bits per heavy atom. The molecule has 106 valence electrons. The maximum Gasteiger partial charge on any atom is 0.137 e. The molecule has 0 saturated heterocycles. The minimum absolute atomic E-state index is 0.301. The van der Waals surface area contributed by atoms with Crippen molar-refractivity contribution >= 4 is 11.6 Å². The van der Waals surface area contributed by atoms with E-state index in [2.05, 4.69) is 0 Å². The molecule has 1 unspecified atom stereocenters. The SMILES string of the molecule is COc1cc(C(C)(O)Cc2cccc(F)c2)ccc1Cl. The van der Waals surface area contributed by atoms with E-state index in [4.69, 9.17) is 16.3 Å². The van der Waals surface area contributed by atoms with Crippen LogP contribution >= 0.6 is 11.6 Å². The first kappa shape index (κ1) is 14.8. The number of benzene rings is 2. The van der Waals surface area contributed by atoms with Crippen molar-refractivity contribution in [1.82, 2.24) is 0 Å². The van der Waals surface area contributed by atoms with Crippen LogP contribution in [0.25, 0.3) is 0 Å². The van der Waals surface area contributed by atoms with E-state index in [0.717, 1.165) is 5.56 Å². The lowest BCUT2D eigenvalue weighted by molar-refractivity contribution is 0.0573. The van der Waals surface area contributed by atoms with Crippen LogP contribution in [0.2, 0.25) is 5.02 Å². The Morgan fingerprint density at radius 3 is 2.65 bits per heavy atom. The molecule has 0 aliphatic carbocycles. The van der Waals surface area contributed by atoms with Gasteiger partial charge in [-0.1, -0.05) is 29.8 Å². The molecule has 2 nitrogen and oxygen atoms in total. The molecule has 0 fully saturated rings. The third kappa shape index (κ3) is 3.30. The number of methoxy groups -OCH3 is 1. The number of halogens is 2. The lowest BCUT2D eigenvalue weighted by Gasteiger charge is -2.24. The molecule has 0 aliphatic rings.